The molecule has 0 fully saturated rings. The van der Waals surface area contributed by atoms with Crippen molar-refractivity contribution in [3.05, 3.63) is 46.6 Å². The fourth-order valence-corrected chi connectivity index (χ4v) is 34.9. The molecule has 0 nitrogen and oxygen atoms in total. The van der Waals surface area contributed by atoms with E-state index >= 15 is 0 Å². The van der Waals surface area contributed by atoms with Gasteiger partial charge in [0.15, 0.2) is 0 Å². The first kappa shape index (κ1) is 21.9. The average Bonchev–Trinajstić information content (AvgIpc) is 2.76. The van der Waals surface area contributed by atoms with E-state index in [0.717, 1.165) is 0 Å². The molecule has 0 spiro atoms. The molecule has 0 aromatic rings. The van der Waals surface area contributed by atoms with Crippen molar-refractivity contribution in [2.45, 2.75) is 60.9 Å². The summed E-state index contributed by atoms with van der Waals surface area (Å²) in [6.07, 6.45) is 9.92. The number of hydrogen-bond donors (Lipinski definition) is 0. The van der Waals surface area contributed by atoms with Gasteiger partial charge in [0.1, 0.15) is 0 Å². The van der Waals surface area contributed by atoms with E-state index in [0.29, 0.717) is 6.25 Å². The van der Waals surface area contributed by atoms with Crippen LogP contribution in [0.25, 0.3) is 0 Å². The first-order valence-corrected chi connectivity index (χ1v) is 17.4. The molecule has 2 aliphatic carbocycles. The average molecular weight is 403 g/mol. The summed E-state index contributed by atoms with van der Waals surface area (Å²) < 4.78 is 0.857. The van der Waals surface area contributed by atoms with Crippen LogP contribution in [0.4, 0.5) is 0 Å². The van der Waals surface area contributed by atoms with E-state index < -0.39 is 26.8 Å². The number of allylic oxidation sites excluding steroid dienone is 8. The Labute approximate surface area is 143 Å². The van der Waals surface area contributed by atoms with Gasteiger partial charge in [-0.25, -0.2) is 0 Å². The van der Waals surface area contributed by atoms with Crippen LogP contribution in [-0.4, -0.2) is 5.92 Å². The van der Waals surface area contributed by atoms with Gasteiger partial charge in [-0.05, 0) is 0 Å². The molecular formula is C18H29F2SiZr. The third-order valence-electron chi connectivity index (χ3n) is 5.77. The molecule has 0 amide bonds. The van der Waals surface area contributed by atoms with Crippen LogP contribution in [0.15, 0.2) is 46.6 Å². The van der Waals surface area contributed by atoms with Gasteiger partial charge in [-0.15, -0.1) is 0 Å². The van der Waals surface area contributed by atoms with Crippen molar-refractivity contribution in [2.24, 2.45) is 0 Å². The van der Waals surface area contributed by atoms with Crippen LogP contribution in [0.2, 0.25) is 19.3 Å². The number of hydrogen-bond acceptors (Lipinski definition) is 0. The normalized spacial score (nSPS) is 30.0. The van der Waals surface area contributed by atoms with Gasteiger partial charge < -0.3 is 9.41 Å². The Kier molecular flexibility index (Phi) is 7.19. The van der Waals surface area contributed by atoms with Crippen molar-refractivity contribution in [3.8, 4) is 0 Å². The molecule has 0 saturated carbocycles. The van der Waals surface area contributed by atoms with E-state index in [4.69, 9.17) is 0 Å². The zero-order valence-corrected chi connectivity index (χ0v) is 18.8. The Morgan fingerprint density at radius 2 is 1.09 bits per heavy atom. The standard InChI is InChI=1S/2C8H11.C2H7Si.2FH.Zr/c2*1-6-4-5-7(2)8(6)3;1-3-2;;;/h2*4-5H,1-3H3;3H,1-2H3;2*1H;/q;;;;;+2/p-2. The molecule has 0 aliphatic heterocycles. The molecule has 2 unspecified atom stereocenters. The number of halogens is 2. The van der Waals surface area contributed by atoms with Gasteiger partial charge in [0.05, 0.1) is 0 Å². The Morgan fingerprint density at radius 3 is 1.27 bits per heavy atom. The first-order valence-electron chi connectivity index (χ1n) is 7.76. The summed E-state index contributed by atoms with van der Waals surface area (Å²) in [7, 11) is 0. The van der Waals surface area contributed by atoms with Gasteiger partial charge in [-0.2, -0.15) is 0 Å². The molecule has 0 heterocycles. The predicted molar refractivity (Wildman–Crippen MR) is 90.6 cm³/mol. The second kappa shape index (κ2) is 7.21. The van der Waals surface area contributed by atoms with E-state index in [-0.39, 0.29) is 9.41 Å². The minimum atomic E-state index is -1.70. The van der Waals surface area contributed by atoms with E-state index in [9.17, 15) is 0 Å². The molecule has 0 aromatic heterocycles. The van der Waals surface area contributed by atoms with Crippen molar-refractivity contribution < 1.29 is 30.3 Å². The molecule has 0 radical (unpaired) electrons. The van der Waals surface area contributed by atoms with Gasteiger partial charge >= 0.3 is 134 Å². The summed E-state index contributed by atoms with van der Waals surface area (Å²) in [5.41, 5.74) is 6.37. The van der Waals surface area contributed by atoms with Crippen molar-refractivity contribution in [1.82, 2.24) is 0 Å². The van der Waals surface area contributed by atoms with Gasteiger partial charge in [0, 0.05) is 0 Å². The fraction of sp³-hybridized carbons (Fsp3) is 0.556. The fourth-order valence-electron chi connectivity index (χ4n) is 4.22. The Hall–Kier alpha value is -0.0800. The van der Waals surface area contributed by atoms with E-state index in [1.54, 1.807) is 11.1 Å². The molecule has 4 heteroatoms. The van der Waals surface area contributed by atoms with Crippen LogP contribution in [0.3, 0.4) is 0 Å². The zero-order valence-electron chi connectivity index (χ0n) is 15.1. The second-order valence-electron chi connectivity index (χ2n) is 7.26. The van der Waals surface area contributed by atoms with Crippen LogP contribution in [-0.2, 0) is 20.9 Å². The van der Waals surface area contributed by atoms with Crippen molar-refractivity contribution in [2.75, 3.05) is 0 Å². The molecule has 0 saturated heterocycles. The van der Waals surface area contributed by atoms with Gasteiger partial charge in [0.2, 0.25) is 0 Å². The van der Waals surface area contributed by atoms with Crippen LogP contribution < -0.4 is 9.41 Å². The van der Waals surface area contributed by atoms with Gasteiger partial charge in [0.25, 0.3) is 0 Å². The maximum Gasteiger partial charge on any atom is -1.00 e. The summed E-state index contributed by atoms with van der Waals surface area (Å²) >= 11 is -1.70. The third kappa shape index (κ3) is 3.11. The Balaban J connectivity index is 0.00000220. The van der Waals surface area contributed by atoms with E-state index in [1.165, 1.54) is 11.1 Å². The molecule has 2 atom stereocenters. The first-order chi connectivity index (χ1) is 9.14. The molecular weight excluding hydrogens is 374 g/mol. The van der Waals surface area contributed by atoms with E-state index in [1.807, 2.05) is 0 Å². The van der Waals surface area contributed by atoms with Crippen LogP contribution in [0.1, 0.15) is 41.5 Å². The van der Waals surface area contributed by atoms with Gasteiger partial charge in [-0.1, -0.05) is 0 Å². The monoisotopic (exact) mass is 401 g/mol. The molecule has 0 aromatic carbocycles. The predicted octanol–water partition coefficient (Wildman–Crippen LogP) is -0.234. The summed E-state index contributed by atoms with van der Waals surface area (Å²) in [4.78, 5) is 0. The largest absolute Gasteiger partial charge is 1.00 e. The summed E-state index contributed by atoms with van der Waals surface area (Å²) in [5.74, 6) is -0.632. The SMILES string of the molecule is CC1=C(C)[C](C)([Zr+2]([SiH](C)C)[C]2(C)C=CC(C)=C2C)C=C1.[F-].[F-]. The smallest absolute Gasteiger partial charge is 1.00 e. The number of rotatable bonds is 3. The van der Waals surface area contributed by atoms with Crippen LogP contribution >= 0.6 is 0 Å². The van der Waals surface area contributed by atoms with Crippen LogP contribution in [0.5, 0.6) is 0 Å². The second-order valence-corrected chi connectivity index (χ2v) is 28.6. The summed E-state index contributed by atoms with van der Waals surface area (Å²) in [5, 5.41) is 0. The molecule has 0 bridgehead atoms. The maximum atomic E-state index is 2.61. The topological polar surface area (TPSA) is 0 Å². The molecule has 123 valence electrons. The third-order valence-corrected chi connectivity index (χ3v) is 30.7. The Morgan fingerprint density at radius 1 is 0.773 bits per heavy atom. The minimum Gasteiger partial charge on any atom is -1.00 e. The summed E-state index contributed by atoms with van der Waals surface area (Å²) in [6, 6.07) is 0. The van der Waals surface area contributed by atoms with Crippen LogP contribution in [0, 0.1) is 0 Å². The molecule has 2 rings (SSSR count). The molecule has 0 N–H and O–H groups in total. The van der Waals surface area contributed by atoms with Gasteiger partial charge in [-0.3, -0.25) is 0 Å². The molecule has 2 aliphatic rings. The maximum absolute atomic E-state index is 2.61. The minimum absolute atomic E-state index is 0. The zero-order chi connectivity index (χ0) is 15.3. The van der Waals surface area contributed by atoms with Crippen molar-refractivity contribution in [1.29, 1.82) is 0 Å². The van der Waals surface area contributed by atoms with E-state index in [2.05, 4.69) is 78.9 Å². The quantitative estimate of drug-likeness (QED) is 0.572. The summed E-state index contributed by atoms with van der Waals surface area (Å²) in [6.45, 7) is 19.7. The Bertz CT molecular complexity index is 513. The molecule has 22 heavy (non-hydrogen) atoms. The van der Waals surface area contributed by atoms with Crippen molar-refractivity contribution >= 4 is 5.92 Å². The van der Waals surface area contributed by atoms with Crippen molar-refractivity contribution in [3.63, 3.8) is 0 Å².